The van der Waals surface area contributed by atoms with E-state index in [-0.39, 0.29) is 0 Å². The third-order valence-corrected chi connectivity index (χ3v) is 4.30. The van der Waals surface area contributed by atoms with E-state index < -0.39 is 0 Å². The van der Waals surface area contributed by atoms with Crippen LogP contribution in [0, 0.1) is 6.92 Å². The van der Waals surface area contributed by atoms with Crippen molar-refractivity contribution >= 4 is 56.1 Å². The quantitative estimate of drug-likeness (QED) is 0.559. The van der Waals surface area contributed by atoms with Crippen molar-refractivity contribution in [2.24, 2.45) is 4.99 Å². The summed E-state index contributed by atoms with van der Waals surface area (Å²) in [6.45, 7) is 2.07. The Morgan fingerprint density at radius 3 is 2.80 bits per heavy atom. The maximum atomic E-state index is 6.10. The van der Waals surface area contributed by atoms with Crippen molar-refractivity contribution in [3.05, 3.63) is 57.6 Å². The second-order valence-corrected chi connectivity index (χ2v) is 6.24. The molecule has 0 bridgehead atoms. The highest BCUT2D eigenvalue weighted by Crippen LogP contribution is 2.29. The monoisotopic (exact) mass is 320 g/mol. The molecule has 20 heavy (non-hydrogen) atoms. The Morgan fingerprint density at radius 2 is 2.00 bits per heavy atom. The highest BCUT2D eigenvalue weighted by atomic mass is 35.5. The zero-order valence-corrected chi connectivity index (χ0v) is 12.9. The van der Waals surface area contributed by atoms with Crippen LogP contribution >= 0.6 is 34.5 Å². The fraction of sp³-hybridized carbons (Fsp3) is 0.0667. The van der Waals surface area contributed by atoms with Crippen LogP contribution in [0.1, 0.15) is 11.1 Å². The summed E-state index contributed by atoms with van der Waals surface area (Å²) in [5, 5.41) is 1.91. The number of fused-ring (bicyclic) bond motifs is 1. The van der Waals surface area contributed by atoms with Crippen molar-refractivity contribution in [3.8, 4) is 0 Å². The fourth-order valence-electron chi connectivity index (χ4n) is 1.81. The van der Waals surface area contributed by atoms with Crippen molar-refractivity contribution in [1.29, 1.82) is 0 Å². The molecule has 0 radical (unpaired) electrons. The average molecular weight is 321 g/mol. The van der Waals surface area contributed by atoms with Gasteiger partial charge in [0.25, 0.3) is 0 Å². The van der Waals surface area contributed by atoms with Crippen molar-refractivity contribution in [2.75, 3.05) is 0 Å². The largest absolute Gasteiger partial charge is 0.227 e. The number of aromatic nitrogens is 1. The van der Waals surface area contributed by atoms with Gasteiger partial charge in [0.1, 0.15) is 0 Å². The number of hydrogen-bond acceptors (Lipinski definition) is 3. The number of rotatable bonds is 2. The van der Waals surface area contributed by atoms with Crippen molar-refractivity contribution < 1.29 is 0 Å². The highest BCUT2D eigenvalue weighted by molar-refractivity contribution is 7.22. The van der Waals surface area contributed by atoms with Crippen LogP contribution in [0.4, 0.5) is 5.13 Å². The van der Waals surface area contributed by atoms with E-state index in [4.69, 9.17) is 23.2 Å². The van der Waals surface area contributed by atoms with Gasteiger partial charge >= 0.3 is 0 Å². The fourth-order valence-corrected chi connectivity index (χ4v) is 3.17. The molecule has 0 unspecified atom stereocenters. The summed E-state index contributed by atoms with van der Waals surface area (Å²) in [6, 6.07) is 11.5. The van der Waals surface area contributed by atoms with Gasteiger partial charge in [-0.25, -0.2) is 9.98 Å². The first-order chi connectivity index (χ1) is 9.61. The third kappa shape index (κ3) is 2.85. The molecule has 0 saturated heterocycles. The number of aryl methyl sites for hydroxylation is 1. The second kappa shape index (κ2) is 5.52. The topological polar surface area (TPSA) is 25.2 Å². The SMILES string of the molecule is Cc1ccc2nc(N=Cc3ccc(Cl)cc3Cl)sc2c1. The lowest BCUT2D eigenvalue weighted by Crippen LogP contribution is -1.82. The number of nitrogens with zero attached hydrogens (tertiary/aromatic N) is 2. The van der Waals surface area contributed by atoms with E-state index in [1.165, 1.54) is 5.56 Å². The summed E-state index contributed by atoms with van der Waals surface area (Å²) >= 11 is 13.5. The first kappa shape index (κ1) is 13.6. The van der Waals surface area contributed by atoms with Crippen molar-refractivity contribution in [1.82, 2.24) is 4.98 Å². The van der Waals surface area contributed by atoms with Crippen LogP contribution in [0.15, 0.2) is 41.4 Å². The first-order valence-corrected chi connectivity index (χ1v) is 7.55. The van der Waals surface area contributed by atoms with Crippen LogP contribution in [0.2, 0.25) is 10.0 Å². The van der Waals surface area contributed by atoms with Gasteiger partial charge in [0.15, 0.2) is 0 Å². The Morgan fingerprint density at radius 1 is 1.15 bits per heavy atom. The van der Waals surface area contributed by atoms with Gasteiger partial charge < -0.3 is 0 Å². The van der Waals surface area contributed by atoms with Gasteiger partial charge in [0.05, 0.1) is 15.2 Å². The summed E-state index contributed by atoms with van der Waals surface area (Å²) in [6.07, 6.45) is 1.71. The van der Waals surface area contributed by atoms with Crippen molar-refractivity contribution in [3.63, 3.8) is 0 Å². The predicted molar refractivity (Wildman–Crippen MR) is 88.1 cm³/mol. The normalized spacial score (nSPS) is 11.6. The summed E-state index contributed by atoms with van der Waals surface area (Å²) < 4.78 is 1.14. The molecule has 0 N–H and O–H groups in total. The minimum absolute atomic E-state index is 0.582. The molecular weight excluding hydrogens is 311 g/mol. The Bertz CT molecular complexity index is 809. The number of thiazole rings is 1. The number of halogens is 2. The summed E-state index contributed by atoms with van der Waals surface area (Å²) in [4.78, 5) is 8.86. The molecule has 0 spiro atoms. The van der Waals surface area contributed by atoms with Gasteiger partial charge in [-0.05, 0) is 36.8 Å². The molecule has 2 aromatic carbocycles. The van der Waals surface area contributed by atoms with E-state index in [2.05, 4.69) is 23.0 Å². The first-order valence-electron chi connectivity index (χ1n) is 5.98. The lowest BCUT2D eigenvalue weighted by atomic mass is 10.2. The molecule has 0 fully saturated rings. The Hall–Kier alpha value is -1.42. The molecule has 0 aliphatic carbocycles. The third-order valence-electron chi connectivity index (χ3n) is 2.81. The summed E-state index contributed by atoms with van der Waals surface area (Å²) in [5.41, 5.74) is 3.01. The van der Waals surface area contributed by atoms with E-state index in [0.29, 0.717) is 10.0 Å². The van der Waals surface area contributed by atoms with Gasteiger partial charge in [-0.15, -0.1) is 0 Å². The van der Waals surface area contributed by atoms with Crippen LogP contribution in [0.5, 0.6) is 0 Å². The maximum absolute atomic E-state index is 6.10. The Kier molecular flexibility index (Phi) is 3.74. The minimum Gasteiger partial charge on any atom is -0.227 e. The molecular formula is C15H10Cl2N2S. The smallest absolute Gasteiger partial charge is 0.210 e. The highest BCUT2D eigenvalue weighted by Gasteiger charge is 2.03. The van der Waals surface area contributed by atoms with Gasteiger partial charge in [-0.3, -0.25) is 0 Å². The lowest BCUT2D eigenvalue weighted by molar-refractivity contribution is 1.40. The van der Waals surface area contributed by atoms with Crippen LogP contribution in [-0.2, 0) is 0 Å². The van der Waals surface area contributed by atoms with E-state index in [1.54, 1.807) is 29.7 Å². The van der Waals surface area contributed by atoms with E-state index in [9.17, 15) is 0 Å². The molecule has 0 aliphatic heterocycles. The van der Waals surface area contributed by atoms with Gasteiger partial charge in [0.2, 0.25) is 5.13 Å². The zero-order chi connectivity index (χ0) is 14.1. The molecule has 0 saturated carbocycles. The molecule has 2 nitrogen and oxygen atoms in total. The number of hydrogen-bond donors (Lipinski definition) is 0. The molecule has 0 aliphatic rings. The van der Waals surface area contributed by atoms with E-state index >= 15 is 0 Å². The molecule has 3 aromatic rings. The molecule has 1 aromatic heterocycles. The standard InChI is InChI=1S/C15H10Cl2N2S/c1-9-2-5-13-14(6-9)20-15(19-13)18-8-10-3-4-11(16)7-12(10)17/h2-8H,1H3. The molecule has 0 atom stereocenters. The molecule has 5 heteroatoms. The number of aliphatic imine (C=N–C) groups is 1. The summed E-state index contributed by atoms with van der Waals surface area (Å²) in [7, 11) is 0. The Labute approximate surface area is 130 Å². The van der Waals surface area contributed by atoms with Crippen LogP contribution < -0.4 is 0 Å². The van der Waals surface area contributed by atoms with Gasteiger partial charge in [-0.1, -0.05) is 46.7 Å². The summed E-state index contributed by atoms with van der Waals surface area (Å²) in [5.74, 6) is 0. The predicted octanol–water partition coefficient (Wildman–Crippen LogP) is 5.66. The van der Waals surface area contributed by atoms with Crippen LogP contribution in [-0.4, -0.2) is 11.2 Å². The van der Waals surface area contributed by atoms with Crippen LogP contribution in [0.25, 0.3) is 10.2 Å². The van der Waals surface area contributed by atoms with Gasteiger partial charge in [-0.2, -0.15) is 0 Å². The Balaban J connectivity index is 1.94. The van der Waals surface area contributed by atoms with Crippen LogP contribution in [0.3, 0.4) is 0 Å². The van der Waals surface area contributed by atoms with Crippen molar-refractivity contribution in [2.45, 2.75) is 6.92 Å². The van der Waals surface area contributed by atoms with E-state index in [1.807, 2.05) is 18.2 Å². The zero-order valence-electron chi connectivity index (χ0n) is 10.6. The van der Waals surface area contributed by atoms with Gasteiger partial charge in [0, 0.05) is 16.8 Å². The second-order valence-electron chi connectivity index (χ2n) is 4.39. The maximum Gasteiger partial charge on any atom is 0.210 e. The number of benzene rings is 2. The average Bonchev–Trinajstić information content (AvgIpc) is 2.79. The molecule has 100 valence electrons. The molecule has 0 amide bonds. The minimum atomic E-state index is 0.582. The lowest BCUT2D eigenvalue weighted by Gasteiger charge is -1.96. The molecule has 1 heterocycles. The molecule has 3 rings (SSSR count). The van der Waals surface area contributed by atoms with E-state index in [0.717, 1.165) is 20.9 Å².